The molecule has 4 rings (SSSR count). The van der Waals surface area contributed by atoms with E-state index in [0.29, 0.717) is 28.1 Å². The van der Waals surface area contributed by atoms with Crippen LogP contribution in [0.3, 0.4) is 0 Å². The van der Waals surface area contributed by atoms with Crippen molar-refractivity contribution in [3.63, 3.8) is 0 Å². The van der Waals surface area contributed by atoms with E-state index in [4.69, 9.17) is 0 Å². The average molecular weight is 390 g/mol. The predicted octanol–water partition coefficient (Wildman–Crippen LogP) is 3.30. The largest absolute Gasteiger partial charge is 0.762 e. The first-order valence-corrected chi connectivity index (χ1v) is 9.02. The van der Waals surface area contributed by atoms with Crippen molar-refractivity contribution in [2.45, 2.75) is 0 Å². The molecule has 2 aromatic carbocycles. The van der Waals surface area contributed by atoms with Crippen LogP contribution in [0.1, 0.15) is 16.1 Å². The number of aromatic nitrogens is 3. The highest BCUT2D eigenvalue weighted by Gasteiger charge is 2.22. The second-order valence-electron chi connectivity index (χ2n) is 6.30. The Morgan fingerprint density at radius 3 is 2.37 bits per heavy atom. The minimum atomic E-state index is -0.250. The number of carbonyl (C=O) groups is 1. The fourth-order valence-electron chi connectivity index (χ4n) is 2.94. The van der Waals surface area contributed by atoms with Crippen LogP contribution < -0.4 is 9.88 Å². The Kier molecular flexibility index (Phi) is 5.08. The Hall–Kier alpha value is -4.66. The molecular formula is C23H14N6O. The van der Waals surface area contributed by atoms with Crippen LogP contribution in [0, 0.1) is 11.3 Å². The molecule has 0 unspecified atom stereocenters. The Morgan fingerprint density at radius 1 is 0.967 bits per heavy atom. The highest BCUT2D eigenvalue weighted by atomic mass is 16.1. The Bertz CT molecular complexity index is 1350. The van der Waals surface area contributed by atoms with E-state index in [9.17, 15) is 15.5 Å². The number of hydrogen-bond donors (Lipinski definition) is 1. The zero-order valence-electron chi connectivity index (χ0n) is 15.6. The highest BCUT2D eigenvalue weighted by molar-refractivity contribution is 6.04. The second-order valence-corrected chi connectivity index (χ2v) is 6.30. The molecule has 0 atom stereocenters. The van der Waals surface area contributed by atoms with Crippen LogP contribution in [0.25, 0.3) is 27.8 Å². The number of rotatable bonds is 4. The number of carbonyl (C=O) groups excluding carboxylic acids is 1. The fourth-order valence-corrected chi connectivity index (χ4v) is 2.94. The standard InChI is InChI=1S/C23H14N6O/c24-13-17(14-25)21-22(28-20-11-5-4-10-19(20)27-21)29-12-6-9-18(15-29)26-23(30)16-7-2-1-3-8-16/h1-12,15H,(H,26,30). The van der Waals surface area contributed by atoms with Gasteiger partial charge in [0, 0.05) is 5.56 Å². The maximum atomic E-state index is 12.5. The summed E-state index contributed by atoms with van der Waals surface area (Å²) in [5.74, 6) is 1.95. The first kappa shape index (κ1) is 18.7. The summed E-state index contributed by atoms with van der Waals surface area (Å²) in [7, 11) is 0. The van der Waals surface area contributed by atoms with E-state index in [-0.39, 0.29) is 17.2 Å². The number of pyridine rings is 1. The second kappa shape index (κ2) is 8.15. The van der Waals surface area contributed by atoms with E-state index in [1.165, 1.54) is 0 Å². The van der Waals surface area contributed by atoms with Gasteiger partial charge in [0.05, 0.1) is 11.9 Å². The summed E-state index contributed by atoms with van der Waals surface area (Å²) in [6.07, 6.45) is 3.38. The molecule has 0 bridgehead atoms. The SMILES string of the molecule is N#CC(=C=[N-])c1nc2ccccc2nc1-[n+]1cccc(NC(=O)c2ccccc2)c1. The number of amides is 1. The Balaban J connectivity index is 1.80. The number of nitrogens with zero attached hydrogens (tertiary/aromatic N) is 5. The van der Waals surface area contributed by atoms with Gasteiger partial charge in [0.1, 0.15) is 23.4 Å². The fraction of sp³-hybridized carbons (Fsp3) is 0. The first-order chi connectivity index (χ1) is 14.7. The number of nitriles is 1. The molecule has 0 radical (unpaired) electrons. The lowest BCUT2D eigenvalue weighted by Gasteiger charge is -2.07. The van der Waals surface area contributed by atoms with E-state index >= 15 is 0 Å². The molecule has 0 saturated carbocycles. The van der Waals surface area contributed by atoms with E-state index in [2.05, 4.69) is 15.3 Å². The molecule has 2 aromatic heterocycles. The lowest BCUT2D eigenvalue weighted by molar-refractivity contribution is -0.599. The summed E-state index contributed by atoms with van der Waals surface area (Å²) >= 11 is 0. The van der Waals surface area contributed by atoms with Crippen LogP contribution in [0.4, 0.5) is 5.69 Å². The van der Waals surface area contributed by atoms with Crippen LogP contribution >= 0.6 is 0 Å². The molecule has 30 heavy (non-hydrogen) atoms. The maximum absolute atomic E-state index is 12.5. The third kappa shape index (κ3) is 3.67. The third-order valence-corrected chi connectivity index (χ3v) is 4.35. The molecule has 0 aliphatic heterocycles. The van der Waals surface area contributed by atoms with Gasteiger partial charge in [0.25, 0.3) is 5.91 Å². The number of benzene rings is 2. The molecule has 142 valence electrons. The first-order valence-electron chi connectivity index (χ1n) is 9.02. The summed E-state index contributed by atoms with van der Waals surface area (Å²) < 4.78 is 1.63. The Morgan fingerprint density at radius 2 is 1.67 bits per heavy atom. The number of fused-ring (bicyclic) bond motifs is 1. The van der Waals surface area contributed by atoms with E-state index < -0.39 is 0 Å². The van der Waals surface area contributed by atoms with Crippen LogP contribution in [-0.2, 0) is 0 Å². The van der Waals surface area contributed by atoms with Crippen LogP contribution in [0.5, 0.6) is 0 Å². The van der Waals surface area contributed by atoms with Crippen molar-refractivity contribution >= 4 is 34.1 Å². The van der Waals surface area contributed by atoms with Gasteiger partial charge in [-0.1, -0.05) is 30.3 Å². The molecule has 0 aliphatic rings. The molecule has 0 spiro atoms. The molecular weight excluding hydrogens is 376 g/mol. The molecule has 2 heterocycles. The van der Waals surface area contributed by atoms with Gasteiger partial charge in [-0.3, -0.25) is 4.79 Å². The summed E-state index contributed by atoms with van der Waals surface area (Å²) in [4.78, 5) is 21.6. The van der Waals surface area contributed by atoms with Gasteiger partial charge in [-0.25, -0.2) is 10.9 Å². The van der Waals surface area contributed by atoms with Gasteiger partial charge in [-0.05, 0) is 41.4 Å². The number of anilines is 1. The van der Waals surface area contributed by atoms with Crippen LogP contribution in [-0.4, -0.2) is 21.7 Å². The van der Waals surface area contributed by atoms with E-state index in [1.807, 2.05) is 30.1 Å². The summed E-state index contributed by atoms with van der Waals surface area (Å²) in [5.41, 5.74) is 2.29. The summed E-state index contributed by atoms with van der Waals surface area (Å²) in [6, 6.07) is 21.4. The molecule has 7 nitrogen and oxygen atoms in total. The monoisotopic (exact) mass is 390 g/mol. The molecule has 1 N–H and O–H groups in total. The van der Waals surface area contributed by atoms with E-state index in [0.717, 1.165) is 0 Å². The smallest absolute Gasteiger partial charge is 0.356 e. The molecule has 0 fully saturated rings. The molecule has 0 saturated heterocycles. The van der Waals surface area contributed by atoms with Gasteiger partial charge < -0.3 is 10.7 Å². The lowest BCUT2D eigenvalue weighted by atomic mass is 10.2. The van der Waals surface area contributed by atoms with Gasteiger partial charge in [0.15, 0.2) is 5.69 Å². The van der Waals surface area contributed by atoms with Crippen molar-refractivity contribution in [3.8, 4) is 11.9 Å². The van der Waals surface area contributed by atoms with Crippen LogP contribution in [0.15, 0.2) is 79.1 Å². The highest BCUT2D eigenvalue weighted by Crippen LogP contribution is 2.18. The summed E-state index contributed by atoms with van der Waals surface area (Å²) in [6.45, 7) is 0. The number of para-hydroxylation sites is 2. The average Bonchev–Trinajstić information content (AvgIpc) is 2.80. The van der Waals surface area contributed by atoms with E-state index in [1.54, 1.807) is 65.5 Å². The molecule has 4 aromatic rings. The number of nitrogens with one attached hydrogen (secondary N) is 1. The van der Waals surface area contributed by atoms with Crippen molar-refractivity contribution in [1.29, 1.82) is 5.26 Å². The minimum Gasteiger partial charge on any atom is -0.762 e. The minimum absolute atomic E-state index is 0.144. The summed E-state index contributed by atoms with van der Waals surface area (Å²) in [5, 5.41) is 21.6. The zero-order chi connectivity index (χ0) is 20.9. The van der Waals surface area contributed by atoms with Gasteiger partial charge in [0.2, 0.25) is 5.52 Å². The van der Waals surface area contributed by atoms with Gasteiger partial charge in [-0.15, -0.1) is 0 Å². The zero-order valence-corrected chi connectivity index (χ0v) is 15.6. The van der Waals surface area contributed by atoms with Crippen molar-refractivity contribution in [2.75, 3.05) is 5.32 Å². The van der Waals surface area contributed by atoms with Gasteiger partial charge in [-0.2, -0.15) is 9.83 Å². The normalized spacial score (nSPS) is 10.1. The molecule has 0 aliphatic carbocycles. The quantitative estimate of drug-likeness (QED) is 0.328. The number of allylic oxidation sites excluding steroid dienone is 1. The molecule has 1 amide bonds. The maximum Gasteiger partial charge on any atom is 0.356 e. The van der Waals surface area contributed by atoms with Crippen molar-refractivity contribution < 1.29 is 9.36 Å². The predicted molar refractivity (Wildman–Crippen MR) is 113 cm³/mol. The molecule has 7 heteroatoms. The number of hydrogen-bond acceptors (Lipinski definition) is 4. The topological polar surface area (TPSA) is 105 Å². The Labute approximate surface area is 172 Å². The van der Waals surface area contributed by atoms with Crippen molar-refractivity contribution in [1.82, 2.24) is 9.97 Å². The van der Waals surface area contributed by atoms with Crippen molar-refractivity contribution in [2.24, 2.45) is 0 Å². The van der Waals surface area contributed by atoms with Crippen LogP contribution in [0.2, 0.25) is 0 Å². The lowest BCUT2D eigenvalue weighted by Crippen LogP contribution is -2.33. The van der Waals surface area contributed by atoms with Crippen molar-refractivity contribution in [3.05, 3.63) is 95.8 Å². The van der Waals surface area contributed by atoms with Gasteiger partial charge >= 0.3 is 5.82 Å². The third-order valence-electron chi connectivity index (χ3n) is 4.35.